The fourth-order valence-corrected chi connectivity index (χ4v) is 1.91. The van der Waals surface area contributed by atoms with Crippen LogP contribution >= 0.6 is 0 Å². The van der Waals surface area contributed by atoms with E-state index in [1.165, 1.54) is 6.33 Å². The van der Waals surface area contributed by atoms with Crippen LogP contribution in [0.1, 0.15) is 24.7 Å². The lowest BCUT2D eigenvalue weighted by atomic mass is 10.2. The van der Waals surface area contributed by atoms with Crippen molar-refractivity contribution < 1.29 is 9.47 Å². The smallest absolute Gasteiger partial charge is 0.164 e. The van der Waals surface area contributed by atoms with E-state index in [9.17, 15) is 0 Å². The lowest BCUT2D eigenvalue weighted by molar-refractivity contribution is 0.280. The molecule has 0 bridgehead atoms. The van der Waals surface area contributed by atoms with Crippen molar-refractivity contribution in [3.05, 3.63) is 35.9 Å². The molecule has 0 aliphatic rings. The monoisotopic (exact) mass is 290 g/mol. The molecule has 2 rings (SSSR count). The maximum atomic E-state index is 5.89. The van der Waals surface area contributed by atoms with Crippen LogP contribution in [0.5, 0.6) is 11.5 Å². The maximum Gasteiger partial charge on any atom is 0.164 e. The second kappa shape index (κ2) is 7.64. The molecule has 0 aliphatic carbocycles. The highest BCUT2D eigenvalue weighted by atomic mass is 16.5. The molecular weight excluding hydrogens is 268 g/mol. The molecule has 0 fully saturated rings. The zero-order valence-corrected chi connectivity index (χ0v) is 12.8. The van der Waals surface area contributed by atoms with Gasteiger partial charge in [0.15, 0.2) is 5.82 Å². The highest BCUT2D eigenvalue weighted by molar-refractivity contribution is 5.40. The first-order valence-corrected chi connectivity index (χ1v) is 7.10. The van der Waals surface area contributed by atoms with Crippen molar-refractivity contribution in [1.82, 2.24) is 20.1 Å². The molecule has 0 aliphatic heterocycles. The van der Waals surface area contributed by atoms with E-state index < -0.39 is 0 Å². The number of aromatic nitrogens is 3. The fourth-order valence-electron chi connectivity index (χ4n) is 1.91. The molecule has 1 aromatic carbocycles. The van der Waals surface area contributed by atoms with Crippen LogP contribution in [0.3, 0.4) is 0 Å². The first-order chi connectivity index (χ1) is 10.2. The lowest BCUT2D eigenvalue weighted by Crippen LogP contribution is -2.09. The number of rotatable bonds is 8. The van der Waals surface area contributed by atoms with Gasteiger partial charge in [0.1, 0.15) is 24.4 Å². The first-order valence-electron chi connectivity index (χ1n) is 7.10. The van der Waals surface area contributed by atoms with Crippen LogP contribution in [0.2, 0.25) is 0 Å². The van der Waals surface area contributed by atoms with Crippen LogP contribution < -0.4 is 14.8 Å². The van der Waals surface area contributed by atoms with E-state index >= 15 is 0 Å². The van der Waals surface area contributed by atoms with Crippen LogP contribution in [0.15, 0.2) is 24.5 Å². The Balaban J connectivity index is 2.11. The predicted molar refractivity (Wildman–Crippen MR) is 80.3 cm³/mol. The average molecular weight is 290 g/mol. The van der Waals surface area contributed by atoms with Crippen molar-refractivity contribution in [3.63, 3.8) is 0 Å². The van der Waals surface area contributed by atoms with Crippen molar-refractivity contribution in [2.75, 3.05) is 13.7 Å². The van der Waals surface area contributed by atoms with E-state index in [0.29, 0.717) is 13.2 Å². The number of hydrogen-bond acceptors (Lipinski definition) is 5. The summed E-state index contributed by atoms with van der Waals surface area (Å²) in [6.45, 7) is 3.90. The number of benzene rings is 1. The van der Waals surface area contributed by atoms with E-state index in [4.69, 9.17) is 9.47 Å². The third kappa shape index (κ3) is 4.19. The molecular formula is C15H22N4O2. The number of nitrogens with zero attached hydrogens (tertiary/aromatic N) is 3. The van der Waals surface area contributed by atoms with Crippen LogP contribution in [-0.4, -0.2) is 28.4 Å². The minimum absolute atomic E-state index is 0.379. The molecule has 1 heterocycles. The third-order valence-corrected chi connectivity index (χ3v) is 3.04. The molecule has 0 atom stereocenters. The Morgan fingerprint density at radius 1 is 1.29 bits per heavy atom. The lowest BCUT2D eigenvalue weighted by Gasteiger charge is -2.13. The van der Waals surface area contributed by atoms with Gasteiger partial charge in [-0.2, -0.15) is 5.10 Å². The van der Waals surface area contributed by atoms with Crippen LogP contribution in [0, 0.1) is 0 Å². The zero-order chi connectivity index (χ0) is 15.1. The molecule has 2 aromatic rings. The molecule has 114 valence electrons. The average Bonchev–Trinajstić information content (AvgIpc) is 2.90. The molecule has 0 amide bonds. The van der Waals surface area contributed by atoms with Gasteiger partial charge in [-0.25, -0.2) is 4.98 Å². The molecule has 1 N–H and O–H groups in total. The maximum absolute atomic E-state index is 5.89. The Morgan fingerprint density at radius 2 is 2.14 bits per heavy atom. The summed E-state index contributed by atoms with van der Waals surface area (Å²) in [6, 6.07) is 5.92. The van der Waals surface area contributed by atoms with Gasteiger partial charge in [0, 0.05) is 25.2 Å². The van der Waals surface area contributed by atoms with Gasteiger partial charge in [0.25, 0.3) is 0 Å². The Kier molecular flexibility index (Phi) is 5.57. The summed E-state index contributed by atoms with van der Waals surface area (Å²) in [5.41, 5.74) is 1.09. The molecule has 0 saturated carbocycles. The van der Waals surface area contributed by atoms with Crippen molar-refractivity contribution in [2.45, 2.75) is 26.5 Å². The van der Waals surface area contributed by atoms with Crippen molar-refractivity contribution >= 4 is 0 Å². The standard InChI is InChI=1S/C15H22N4O2/c1-4-7-20-13-6-5-12(9-16-2)14(8-13)21-10-15-17-11-18-19(15)3/h5-6,8,11,16H,4,7,9-10H2,1-3H3. The summed E-state index contributed by atoms with van der Waals surface area (Å²) in [6.07, 6.45) is 2.50. The number of nitrogens with one attached hydrogen (secondary N) is 1. The Hall–Kier alpha value is -2.08. The van der Waals surface area contributed by atoms with Crippen molar-refractivity contribution in [1.29, 1.82) is 0 Å². The van der Waals surface area contributed by atoms with Gasteiger partial charge in [-0.15, -0.1) is 0 Å². The minimum atomic E-state index is 0.379. The SMILES string of the molecule is CCCOc1ccc(CNC)c(OCc2ncnn2C)c1. The summed E-state index contributed by atoms with van der Waals surface area (Å²) in [7, 11) is 3.76. The van der Waals surface area contributed by atoms with E-state index in [1.54, 1.807) is 4.68 Å². The molecule has 6 nitrogen and oxygen atoms in total. The van der Waals surface area contributed by atoms with Gasteiger partial charge in [0.05, 0.1) is 6.61 Å². The summed E-state index contributed by atoms with van der Waals surface area (Å²) in [5, 5.41) is 7.17. The van der Waals surface area contributed by atoms with E-state index in [1.807, 2.05) is 32.3 Å². The fraction of sp³-hybridized carbons (Fsp3) is 0.467. The van der Waals surface area contributed by atoms with Gasteiger partial charge in [-0.3, -0.25) is 4.68 Å². The molecule has 21 heavy (non-hydrogen) atoms. The van der Waals surface area contributed by atoms with E-state index in [0.717, 1.165) is 35.9 Å². The second-order valence-electron chi connectivity index (χ2n) is 4.74. The molecule has 0 radical (unpaired) electrons. The van der Waals surface area contributed by atoms with Crippen LogP contribution in [0.25, 0.3) is 0 Å². The number of ether oxygens (including phenoxy) is 2. The molecule has 1 aromatic heterocycles. The Bertz CT molecular complexity index is 569. The minimum Gasteiger partial charge on any atom is -0.493 e. The van der Waals surface area contributed by atoms with Gasteiger partial charge in [0.2, 0.25) is 0 Å². The summed E-state index contributed by atoms with van der Waals surface area (Å²) in [4.78, 5) is 4.16. The second-order valence-corrected chi connectivity index (χ2v) is 4.74. The quantitative estimate of drug-likeness (QED) is 0.804. The highest BCUT2D eigenvalue weighted by Gasteiger charge is 2.08. The molecule has 0 saturated heterocycles. The van der Waals surface area contributed by atoms with Gasteiger partial charge in [-0.05, 0) is 19.5 Å². The third-order valence-electron chi connectivity index (χ3n) is 3.04. The topological polar surface area (TPSA) is 61.2 Å². The molecule has 6 heteroatoms. The number of hydrogen-bond donors (Lipinski definition) is 1. The van der Waals surface area contributed by atoms with E-state index in [-0.39, 0.29) is 0 Å². The van der Waals surface area contributed by atoms with Crippen LogP contribution in [0.4, 0.5) is 0 Å². The summed E-state index contributed by atoms with van der Waals surface area (Å²) in [5.74, 6) is 2.41. The summed E-state index contributed by atoms with van der Waals surface area (Å²) >= 11 is 0. The van der Waals surface area contributed by atoms with Crippen molar-refractivity contribution in [2.24, 2.45) is 7.05 Å². The van der Waals surface area contributed by atoms with Crippen molar-refractivity contribution in [3.8, 4) is 11.5 Å². The molecule has 0 spiro atoms. The van der Waals surface area contributed by atoms with E-state index in [2.05, 4.69) is 22.3 Å². The summed E-state index contributed by atoms with van der Waals surface area (Å²) < 4.78 is 13.3. The van der Waals surface area contributed by atoms with Gasteiger partial charge >= 0.3 is 0 Å². The molecule has 0 unspecified atom stereocenters. The Labute approximate surface area is 125 Å². The Morgan fingerprint density at radius 3 is 2.81 bits per heavy atom. The zero-order valence-electron chi connectivity index (χ0n) is 12.8. The van der Waals surface area contributed by atoms with Crippen LogP contribution in [-0.2, 0) is 20.2 Å². The van der Waals surface area contributed by atoms with Gasteiger partial charge in [-0.1, -0.05) is 13.0 Å². The predicted octanol–water partition coefficient (Wildman–Crippen LogP) is 1.90. The highest BCUT2D eigenvalue weighted by Crippen LogP contribution is 2.26. The van der Waals surface area contributed by atoms with Gasteiger partial charge < -0.3 is 14.8 Å². The largest absolute Gasteiger partial charge is 0.493 e. The normalized spacial score (nSPS) is 10.6. The number of aryl methyl sites for hydroxylation is 1. The first kappa shape index (κ1) is 15.3.